The maximum atomic E-state index is 12.6. The Bertz CT molecular complexity index is 1430. The molecule has 182 valence electrons. The van der Waals surface area contributed by atoms with Crippen molar-refractivity contribution < 1.29 is 28.8 Å². The van der Waals surface area contributed by atoms with Crippen molar-refractivity contribution in [2.24, 2.45) is 0 Å². The number of nitrogen functional groups attached to an aromatic ring is 1. The van der Waals surface area contributed by atoms with Crippen LogP contribution in [0.2, 0.25) is 0 Å². The summed E-state index contributed by atoms with van der Waals surface area (Å²) < 4.78 is 23.8. The molecule has 1 aromatic carbocycles. The number of anilines is 1. The summed E-state index contributed by atoms with van der Waals surface area (Å²) in [6.45, 7) is 0.00198. The maximum Gasteiger partial charge on any atom is 0.363 e. The molecule has 2 aliphatic rings. The van der Waals surface area contributed by atoms with Crippen LogP contribution < -0.4 is 11.3 Å². The van der Waals surface area contributed by atoms with Crippen molar-refractivity contribution in [3.63, 3.8) is 0 Å². The van der Waals surface area contributed by atoms with Crippen molar-refractivity contribution in [1.29, 1.82) is 0 Å². The van der Waals surface area contributed by atoms with Crippen LogP contribution in [-0.4, -0.2) is 75.0 Å². The molecule has 0 aliphatic carbocycles. The Morgan fingerprint density at radius 3 is 2.89 bits per heavy atom. The van der Waals surface area contributed by atoms with Gasteiger partial charge in [-0.15, -0.1) is 5.10 Å². The molecule has 16 nitrogen and oxygen atoms in total. The molecule has 2 aliphatic heterocycles. The number of rotatable bonds is 5. The number of nitrogens with two attached hydrogens (primary N) is 1. The molecular weight excluding hydrogens is 505 g/mol. The molecule has 18 heteroatoms. The number of aliphatic hydroxyl groups excluding tert-OH is 1. The third-order valence-corrected chi connectivity index (χ3v) is 7.16. The number of imidazole rings is 1. The zero-order valence-electron chi connectivity index (χ0n) is 17.4. The number of nitrogens with one attached hydrogen (secondary N) is 1. The predicted molar refractivity (Wildman–Crippen MR) is 117 cm³/mol. The number of H-pyrrole nitrogens is 1. The molecule has 2 saturated heterocycles. The van der Waals surface area contributed by atoms with Crippen LogP contribution in [0.1, 0.15) is 6.23 Å². The normalized spacial score (nSPS) is 26.3. The highest BCUT2D eigenvalue weighted by atomic mass is 32.2. The molecule has 6 rings (SSSR count). The summed E-state index contributed by atoms with van der Waals surface area (Å²) in [5.41, 5.74) is 5.97. The fraction of sp³-hybridized carbons (Fsp3) is 0.294. The molecule has 5 N–H and O–H groups in total. The van der Waals surface area contributed by atoms with Crippen molar-refractivity contribution in [2.75, 3.05) is 12.3 Å². The van der Waals surface area contributed by atoms with Gasteiger partial charge in [0.25, 0.3) is 5.56 Å². The van der Waals surface area contributed by atoms with Crippen molar-refractivity contribution >= 4 is 37.5 Å². The van der Waals surface area contributed by atoms with E-state index < -0.39 is 38.7 Å². The van der Waals surface area contributed by atoms with Gasteiger partial charge in [-0.1, -0.05) is 18.2 Å². The van der Waals surface area contributed by atoms with Gasteiger partial charge in [0, 0.05) is 0 Å². The average Bonchev–Trinajstić information content (AvgIpc) is 3.55. The number of hydrogen-bond donors (Lipinski definition) is 4. The van der Waals surface area contributed by atoms with Gasteiger partial charge in [0.2, 0.25) is 11.1 Å². The molecule has 3 aromatic heterocycles. The molecule has 35 heavy (non-hydrogen) atoms. The average molecular weight is 521 g/mol. The summed E-state index contributed by atoms with van der Waals surface area (Å²) >= 11 is 1.03. The van der Waals surface area contributed by atoms with Gasteiger partial charge in [0.05, 0.1) is 12.3 Å². The van der Waals surface area contributed by atoms with Crippen LogP contribution >= 0.6 is 20.4 Å². The van der Waals surface area contributed by atoms with E-state index >= 15 is 0 Å². The summed E-state index contributed by atoms with van der Waals surface area (Å²) in [6.07, 6.45) is -3.91. The van der Waals surface area contributed by atoms with Crippen LogP contribution in [-0.2, 0) is 18.5 Å². The standard InChI is InChI=1S/C17H16N9O7PS/c18-15-20-12-9(13(28)21-15)19-16(35-17-22-23-24-26(17)7-4-2-1-3-5-7)25(12)14-10(27)11-8(31-14)6-30-34(32-11)33-29/h1-5,8,10-11,14,27,29H,6H2,(H3,18,20,21,28). The first-order valence-corrected chi connectivity index (χ1v) is 12.0. The lowest BCUT2D eigenvalue weighted by molar-refractivity contribution is -0.170. The molecule has 0 saturated carbocycles. The number of ether oxygens (including phenoxy) is 1. The SMILES string of the molecule is Nc1nc2c(nc(Sc3nnnn3-c3ccccc3)n2C2OC3COP(OO)OC3C2O)c(=O)[nH]1. The highest BCUT2D eigenvalue weighted by molar-refractivity contribution is 7.99. The summed E-state index contributed by atoms with van der Waals surface area (Å²) in [4.78, 5) is 23.6. The molecule has 4 aromatic rings. The number of aromatic nitrogens is 8. The van der Waals surface area contributed by atoms with Crippen molar-refractivity contribution in [3.05, 3.63) is 40.7 Å². The van der Waals surface area contributed by atoms with Gasteiger partial charge in [0.1, 0.15) is 18.3 Å². The van der Waals surface area contributed by atoms with Crippen molar-refractivity contribution in [1.82, 2.24) is 39.7 Å². The minimum atomic E-state index is -2.06. The van der Waals surface area contributed by atoms with Gasteiger partial charge < -0.3 is 24.6 Å². The zero-order chi connectivity index (χ0) is 24.1. The fourth-order valence-corrected chi connectivity index (χ4v) is 5.61. The molecule has 0 radical (unpaired) electrons. The molecule has 0 spiro atoms. The largest absolute Gasteiger partial charge is 0.386 e. The molecule has 0 bridgehead atoms. The Morgan fingerprint density at radius 2 is 2.09 bits per heavy atom. The first-order chi connectivity index (χ1) is 17.0. The molecule has 0 amide bonds. The Hall–Kier alpha value is -3.02. The monoisotopic (exact) mass is 521 g/mol. The number of para-hydroxylation sites is 1. The smallest absolute Gasteiger partial charge is 0.363 e. The van der Waals surface area contributed by atoms with E-state index in [0.29, 0.717) is 10.8 Å². The first-order valence-electron chi connectivity index (χ1n) is 10.1. The molecule has 5 unspecified atom stereocenters. The van der Waals surface area contributed by atoms with Gasteiger partial charge in [-0.05, 0) is 34.3 Å². The fourth-order valence-electron chi connectivity index (χ4n) is 3.84. The second-order valence-electron chi connectivity index (χ2n) is 7.43. The summed E-state index contributed by atoms with van der Waals surface area (Å²) in [7, 11) is -2.06. The van der Waals surface area contributed by atoms with Crippen LogP contribution in [0.25, 0.3) is 16.9 Å². The van der Waals surface area contributed by atoms with E-state index in [9.17, 15) is 9.90 Å². The van der Waals surface area contributed by atoms with Gasteiger partial charge >= 0.3 is 8.60 Å². The highest BCUT2D eigenvalue weighted by Crippen LogP contribution is 2.50. The number of aromatic amines is 1. The van der Waals surface area contributed by atoms with E-state index in [0.717, 1.165) is 11.8 Å². The van der Waals surface area contributed by atoms with Gasteiger partial charge in [0.15, 0.2) is 22.5 Å². The van der Waals surface area contributed by atoms with Gasteiger partial charge in [-0.25, -0.2) is 10.2 Å². The van der Waals surface area contributed by atoms with Crippen molar-refractivity contribution in [3.8, 4) is 5.69 Å². The third-order valence-electron chi connectivity index (χ3n) is 5.34. The third kappa shape index (κ3) is 3.87. The lowest BCUT2D eigenvalue weighted by atomic mass is 10.1. The van der Waals surface area contributed by atoms with Crippen molar-refractivity contribution in [2.45, 2.75) is 34.9 Å². The second-order valence-corrected chi connectivity index (χ2v) is 9.44. The number of hydrogen-bond acceptors (Lipinski definition) is 14. The highest BCUT2D eigenvalue weighted by Gasteiger charge is 2.51. The van der Waals surface area contributed by atoms with Crippen LogP contribution in [0.4, 0.5) is 5.95 Å². The van der Waals surface area contributed by atoms with E-state index in [-0.39, 0.29) is 28.9 Å². The van der Waals surface area contributed by atoms with E-state index in [1.807, 2.05) is 30.3 Å². The summed E-state index contributed by atoms with van der Waals surface area (Å²) in [5.74, 6) is -0.143. The number of aliphatic hydroxyl groups is 1. The minimum Gasteiger partial charge on any atom is -0.386 e. The minimum absolute atomic E-state index is 0.00198. The first kappa shape index (κ1) is 22.4. The molecule has 2 fully saturated rings. The van der Waals surface area contributed by atoms with Gasteiger partial charge in [-0.3, -0.25) is 14.3 Å². The van der Waals surface area contributed by atoms with E-state index in [2.05, 4.69) is 35.2 Å². The zero-order valence-corrected chi connectivity index (χ0v) is 19.1. The lowest BCUT2D eigenvalue weighted by Gasteiger charge is -2.28. The Morgan fingerprint density at radius 1 is 1.26 bits per heavy atom. The number of nitrogens with zero attached hydrogens (tertiary/aromatic N) is 7. The van der Waals surface area contributed by atoms with Crippen LogP contribution in [0.15, 0.2) is 45.4 Å². The number of tetrazole rings is 1. The number of fused-ring (bicyclic) bond motifs is 2. The quantitative estimate of drug-likeness (QED) is 0.157. The lowest BCUT2D eigenvalue weighted by Crippen LogP contribution is -2.38. The van der Waals surface area contributed by atoms with Crippen LogP contribution in [0.5, 0.6) is 0 Å². The molecule has 5 heterocycles. The Labute approximate surface area is 199 Å². The Balaban J connectivity index is 1.44. The predicted octanol–water partition coefficient (Wildman–Crippen LogP) is 0.219. The van der Waals surface area contributed by atoms with Crippen LogP contribution in [0.3, 0.4) is 0 Å². The Kier molecular flexibility index (Phi) is 5.70. The maximum absolute atomic E-state index is 12.6. The molecule has 5 atom stereocenters. The van der Waals surface area contributed by atoms with E-state index in [4.69, 9.17) is 24.8 Å². The van der Waals surface area contributed by atoms with Gasteiger partial charge in [-0.2, -0.15) is 14.3 Å². The van der Waals surface area contributed by atoms with Crippen LogP contribution in [0, 0.1) is 0 Å². The summed E-state index contributed by atoms with van der Waals surface area (Å²) in [6, 6.07) is 9.18. The van der Waals surface area contributed by atoms with E-state index in [1.165, 1.54) is 9.25 Å². The second kappa shape index (κ2) is 8.89. The number of benzene rings is 1. The van der Waals surface area contributed by atoms with E-state index in [1.54, 1.807) is 0 Å². The summed E-state index contributed by atoms with van der Waals surface area (Å²) in [5, 5.41) is 32.4. The molecular formula is C17H16N9O7PS. The topological polar surface area (TPSA) is 211 Å².